The van der Waals surface area contributed by atoms with E-state index in [1.54, 1.807) is 11.3 Å². The normalized spacial score (nSPS) is 16.8. The summed E-state index contributed by atoms with van der Waals surface area (Å²) in [6.45, 7) is 9.23. The highest BCUT2D eigenvalue weighted by Gasteiger charge is 2.25. The first-order valence-corrected chi connectivity index (χ1v) is 11.1. The van der Waals surface area contributed by atoms with Gasteiger partial charge in [0.1, 0.15) is 0 Å². The number of carbonyl (C=O) groups excluding carboxylic acids is 1. The highest BCUT2D eigenvalue weighted by molar-refractivity contribution is 7.18. The predicted octanol–water partition coefficient (Wildman–Crippen LogP) is 3.85. The summed E-state index contributed by atoms with van der Waals surface area (Å²) in [6.07, 6.45) is 0.811. The van der Waals surface area contributed by atoms with Crippen molar-refractivity contribution in [1.82, 2.24) is 14.8 Å². The number of fused-ring (bicyclic) bond motifs is 1. The van der Waals surface area contributed by atoms with E-state index in [1.807, 2.05) is 31.2 Å². The Morgan fingerprint density at radius 3 is 2.52 bits per heavy atom. The zero-order chi connectivity index (χ0) is 20.2. The van der Waals surface area contributed by atoms with Crippen molar-refractivity contribution < 1.29 is 4.79 Å². The lowest BCUT2D eigenvalue weighted by Crippen LogP contribution is -2.52. The molecule has 1 saturated heterocycles. The topological polar surface area (TPSA) is 48.5 Å². The first-order chi connectivity index (χ1) is 14.1. The smallest absolute Gasteiger partial charge is 0.241 e. The summed E-state index contributed by atoms with van der Waals surface area (Å²) >= 11 is 1.74. The third kappa shape index (κ3) is 4.83. The van der Waals surface area contributed by atoms with Gasteiger partial charge in [0, 0.05) is 38.3 Å². The molecule has 0 bridgehead atoms. The van der Waals surface area contributed by atoms with Gasteiger partial charge in [-0.25, -0.2) is 4.98 Å². The summed E-state index contributed by atoms with van der Waals surface area (Å²) in [5.74, 6) is 0.0638. The highest BCUT2D eigenvalue weighted by atomic mass is 32.1. The second kappa shape index (κ2) is 9.03. The monoisotopic (exact) mass is 408 g/mol. The Labute approximate surface area is 176 Å². The molecule has 29 heavy (non-hydrogen) atoms. The van der Waals surface area contributed by atoms with E-state index in [-0.39, 0.29) is 11.9 Å². The minimum atomic E-state index is -0.114. The number of nitrogens with one attached hydrogen (secondary N) is 1. The number of thiazole rings is 1. The molecular weight excluding hydrogens is 380 g/mol. The van der Waals surface area contributed by atoms with E-state index in [4.69, 9.17) is 4.98 Å². The van der Waals surface area contributed by atoms with Gasteiger partial charge in [-0.1, -0.05) is 31.2 Å². The largest absolute Gasteiger partial charge is 0.325 e. The molecule has 0 spiro atoms. The van der Waals surface area contributed by atoms with E-state index in [0.717, 1.165) is 55.4 Å². The molecule has 0 saturated carbocycles. The average molecular weight is 409 g/mol. The Hall–Kier alpha value is -2.28. The number of carbonyl (C=O) groups is 1. The summed E-state index contributed by atoms with van der Waals surface area (Å²) in [4.78, 5) is 22.1. The number of amides is 1. The summed E-state index contributed by atoms with van der Waals surface area (Å²) in [6, 6.07) is 16.2. The molecule has 1 aliphatic rings. The van der Waals surface area contributed by atoms with E-state index >= 15 is 0 Å². The van der Waals surface area contributed by atoms with Crippen LogP contribution in [0.4, 0.5) is 5.69 Å². The van der Waals surface area contributed by atoms with Gasteiger partial charge in [0.2, 0.25) is 5.91 Å². The van der Waals surface area contributed by atoms with Gasteiger partial charge in [-0.05, 0) is 43.3 Å². The molecule has 5 nitrogen and oxygen atoms in total. The fourth-order valence-corrected chi connectivity index (χ4v) is 4.76. The summed E-state index contributed by atoms with van der Waals surface area (Å²) < 4.78 is 1.22. The molecule has 3 aromatic rings. The number of anilines is 1. The molecule has 1 aliphatic heterocycles. The van der Waals surface area contributed by atoms with Gasteiger partial charge >= 0.3 is 0 Å². The molecule has 4 rings (SSSR count). The lowest BCUT2D eigenvalue weighted by molar-refractivity contribution is -0.121. The van der Waals surface area contributed by atoms with E-state index in [1.165, 1.54) is 10.3 Å². The van der Waals surface area contributed by atoms with Crippen LogP contribution in [0.5, 0.6) is 0 Å². The Morgan fingerprint density at radius 1 is 1.10 bits per heavy atom. The standard InChI is InChI=1S/C23H28N4OS/c1-3-26-12-14-27(15-13-26)17(2)23(28)24-19-10-8-18(9-11-19)16-22-25-20-6-4-5-7-21(20)29-22/h4-11,17H,3,12-16H2,1-2H3,(H,24,28)/t17-/m0/s1. The van der Waals surface area contributed by atoms with E-state index in [0.29, 0.717) is 0 Å². The first-order valence-electron chi connectivity index (χ1n) is 10.3. The van der Waals surface area contributed by atoms with Crippen LogP contribution in [0.1, 0.15) is 24.4 Å². The Morgan fingerprint density at radius 2 is 1.83 bits per heavy atom. The third-order valence-corrected chi connectivity index (χ3v) is 6.73. The number of likely N-dealkylation sites (N-methyl/N-ethyl adjacent to an activating group) is 1. The number of rotatable bonds is 6. The first kappa shape index (κ1) is 20.0. The quantitative estimate of drug-likeness (QED) is 0.673. The zero-order valence-corrected chi connectivity index (χ0v) is 17.9. The maximum absolute atomic E-state index is 12.7. The van der Waals surface area contributed by atoms with Crippen molar-refractivity contribution in [2.45, 2.75) is 26.3 Å². The van der Waals surface area contributed by atoms with Gasteiger partial charge in [0.25, 0.3) is 0 Å². The van der Waals surface area contributed by atoms with Crippen LogP contribution >= 0.6 is 11.3 Å². The number of hydrogen-bond acceptors (Lipinski definition) is 5. The van der Waals surface area contributed by atoms with Crippen molar-refractivity contribution in [2.24, 2.45) is 0 Å². The van der Waals surface area contributed by atoms with Crippen LogP contribution in [0.3, 0.4) is 0 Å². The van der Waals surface area contributed by atoms with Crippen molar-refractivity contribution in [3.05, 3.63) is 59.1 Å². The Kier molecular flexibility index (Phi) is 6.23. The molecule has 1 fully saturated rings. The molecule has 6 heteroatoms. The van der Waals surface area contributed by atoms with Crippen LogP contribution in [0, 0.1) is 0 Å². The molecule has 152 valence electrons. The van der Waals surface area contributed by atoms with Gasteiger partial charge in [0.15, 0.2) is 0 Å². The van der Waals surface area contributed by atoms with E-state index in [2.05, 4.69) is 46.3 Å². The number of aromatic nitrogens is 1. The van der Waals surface area contributed by atoms with Gasteiger partial charge in [0.05, 0.1) is 21.3 Å². The zero-order valence-electron chi connectivity index (χ0n) is 17.1. The van der Waals surface area contributed by atoms with Gasteiger partial charge in [-0.15, -0.1) is 11.3 Å². The maximum atomic E-state index is 12.7. The van der Waals surface area contributed by atoms with Gasteiger partial charge < -0.3 is 10.2 Å². The molecular formula is C23H28N4OS. The minimum Gasteiger partial charge on any atom is -0.325 e. The van der Waals surface area contributed by atoms with Crippen LogP contribution in [0.2, 0.25) is 0 Å². The number of nitrogens with zero attached hydrogens (tertiary/aromatic N) is 3. The number of benzene rings is 2. The van der Waals surface area contributed by atoms with E-state index < -0.39 is 0 Å². The van der Waals surface area contributed by atoms with Crippen LogP contribution in [-0.4, -0.2) is 59.5 Å². The lowest BCUT2D eigenvalue weighted by Gasteiger charge is -2.36. The molecule has 0 aliphatic carbocycles. The Bertz CT molecular complexity index is 927. The number of hydrogen-bond donors (Lipinski definition) is 1. The van der Waals surface area contributed by atoms with Crippen LogP contribution < -0.4 is 5.32 Å². The second-order valence-corrected chi connectivity index (χ2v) is 8.70. The molecule has 2 aromatic carbocycles. The number of piperazine rings is 1. The van der Waals surface area contributed by atoms with Gasteiger partial charge in [-0.2, -0.15) is 0 Å². The summed E-state index contributed by atoms with van der Waals surface area (Å²) in [7, 11) is 0. The fraction of sp³-hybridized carbons (Fsp3) is 0.391. The highest BCUT2D eigenvalue weighted by Crippen LogP contribution is 2.24. The van der Waals surface area contributed by atoms with Gasteiger partial charge in [-0.3, -0.25) is 9.69 Å². The average Bonchev–Trinajstić information content (AvgIpc) is 3.17. The van der Waals surface area contributed by atoms with Crippen molar-refractivity contribution in [2.75, 3.05) is 38.0 Å². The van der Waals surface area contributed by atoms with Crippen LogP contribution in [0.15, 0.2) is 48.5 Å². The molecule has 2 heterocycles. The molecule has 0 radical (unpaired) electrons. The lowest BCUT2D eigenvalue weighted by atomic mass is 10.1. The summed E-state index contributed by atoms with van der Waals surface area (Å²) in [5, 5.41) is 4.18. The molecule has 1 aromatic heterocycles. The van der Waals surface area contributed by atoms with Crippen LogP contribution in [-0.2, 0) is 11.2 Å². The third-order valence-electron chi connectivity index (χ3n) is 5.70. The van der Waals surface area contributed by atoms with E-state index in [9.17, 15) is 4.79 Å². The van der Waals surface area contributed by atoms with Crippen molar-refractivity contribution in [3.8, 4) is 0 Å². The molecule has 1 atom stereocenters. The van der Waals surface area contributed by atoms with Crippen molar-refractivity contribution >= 4 is 33.1 Å². The molecule has 1 amide bonds. The minimum absolute atomic E-state index is 0.0638. The Balaban J connectivity index is 1.33. The second-order valence-electron chi connectivity index (χ2n) is 7.58. The fourth-order valence-electron chi connectivity index (χ4n) is 3.76. The predicted molar refractivity (Wildman–Crippen MR) is 121 cm³/mol. The summed E-state index contributed by atoms with van der Waals surface area (Å²) in [5.41, 5.74) is 3.11. The van der Waals surface area contributed by atoms with Crippen molar-refractivity contribution in [1.29, 1.82) is 0 Å². The number of para-hydroxylation sites is 1. The SMILES string of the molecule is CCN1CCN([C@@H](C)C(=O)Nc2ccc(Cc3nc4ccccc4s3)cc2)CC1. The molecule has 1 N–H and O–H groups in total. The maximum Gasteiger partial charge on any atom is 0.241 e. The van der Waals surface area contributed by atoms with Crippen molar-refractivity contribution in [3.63, 3.8) is 0 Å². The molecule has 0 unspecified atom stereocenters. The van der Waals surface area contributed by atoms with Crippen LogP contribution in [0.25, 0.3) is 10.2 Å².